The van der Waals surface area contributed by atoms with Gasteiger partial charge in [0.2, 0.25) is 11.8 Å². The van der Waals surface area contributed by atoms with E-state index in [1.807, 2.05) is 30.9 Å². The third kappa shape index (κ3) is 2.62. The van der Waals surface area contributed by atoms with Crippen molar-refractivity contribution in [3.8, 4) is 0 Å². The maximum absolute atomic E-state index is 13.2. The zero-order valence-corrected chi connectivity index (χ0v) is 14.8. The van der Waals surface area contributed by atoms with Crippen LogP contribution in [0.4, 0.5) is 0 Å². The maximum Gasteiger partial charge on any atom is 0.231 e. The number of likely N-dealkylation sites (tertiary alicyclic amines) is 1. The van der Waals surface area contributed by atoms with Crippen molar-refractivity contribution in [2.45, 2.75) is 49.5 Å². The predicted octanol–water partition coefficient (Wildman–Crippen LogP) is 3.75. The molecule has 2 aromatic rings. The third-order valence-electron chi connectivity index (χ3n) is 4.78. The molecule has 2 aliphatic heterocycles. The maximum atomic E-state index is 13.2. The molecule has 2 atom stereocenters. The number of aromatic nitrogens is 2. The fraction of sp³-hybridized carbons (Fsp3) is 0.500. The van der Waals surface area contributed by atoms with Crippen molar-refractivity contribution in [3.05, 3.63) is 41.5 Å². The third-order valence-corrected chi connectivity index (χ3v) is 5.97. The lowest BCUT2D eigenvalue weighted by Crippen LogP contribution is -2.35. The van der Waals surface area contributed by atoms with E-state index in [2.05, 4.69) is 22.3 Å². The van der Waals surface area contributed by atoms with Gasteiger partial charge in [-0.1, -0.05) is 37.2 Å². The fourth-order valence-electron chi connectivity index (χ4n) is 3.48. The van der Waals surface area contributed by atoms with Crippen molar-refractivity contribution in [2.24, 2.45) is 0 Å². The summed E-state index contributed by atoms with van der Waals surface area (Å²) in [6, 6.07) is 8.17. The monoisotopic (exact) mass is 343 g/mol. The Labute approximate surface area is 145 Å². The van der Waals surface area contributed by atoms with Crippen LogP contribution >= 0.6 is 11.8 Å². The number of hydrogen-bond donors (Lipinski definition) is 0. The van der Waals surface area contributed by atoms with Crippen LogP contribution < -0.4 is 0 Å². The minimum atomic E-state index is -0.0525. The van der Waals surface area contributed by atoms with Crippen LogP contribution in [0.3, 0.4) is 0 Å². The van der Waals surface area contributed by atoms with Crippen LogP contribution in [0.1, 0.15) is 61.8 Å². The minimum absolute atomic E-state index is 0.0495. The second-order valence-corrected chi connectivity index (χ2v) is 7.80. The number of rotatable bonds is 3. The molecule has 2 aliphatic rings. The molecule has 24 heavy (non-hydrogen) atoms. The molecule has 6 heteroatoms. The summed E-state index contributed by atoms with van der Waals surface area (Å²) in [5.74, 6) is 2.48. The number of benzene rings is 1. The molecule has 126 valence electrons. The minimum Gasteiger partial charge on any atom is -0.339 e. The molecule has 1 aromatic heterocycles. The van der Waals surface area contributed by atoms with Gasteiger partial charge in [-0.3, -0.25) is 4.79 Å². The summed E-state index contributed by atoms with van der Waals surface area (Å²) in [6.45, 7) is 4.83. The molecule has 0 spiro atoms. The highest BCUT2D eigenvalue weighted by Crippen LogP contribution is 2.42. The number of nitrogens with zero attached hydrogens (tertiary/aromatic N) is 3. The average molecular weight is 343 g/mol. The molecule has 1 aromatic carbocycles. The molecule has 4 rings (SSSR count). The lowest BCUT2D eigenvalue weighted by molar-refractivity contribution is -0.133. The Kier molecular flexibility index (Phi) is 4.08. The number of thioether (sulfide) groups is 1. The number of fused-ring (bicyclic) bond motifs is 1. The first-order valence-electron chi connectivity index (χ1n) is 8.51. The van der Waals surface area contributed by atoms with Gasteiger partial charge in [-0.25, -0.2) is 0 Å². The molecule has 0 N–H and O–H groups in total. The average Bonchev–Trinajstić information content (AvgIpc) is 3.31. The van der Waals surface area contributed by atoms with E-state index in [1.165, 1.54) is 4.90 Å². The largest absolute Gasteiger partial charge is 0.339 e. The van der Waals surface area contributed by atoms with Crippen LogP contribution in [0.15, 0.2) is 33.7 Å². The van der Waals surface area contributed by atoms with Crippen molar-refractivity contribution in [1.82, 2.24) is 15.0 Å². The molecular weight excluding hydrogens is 322 g/mol. The molecule has 5 nitrogen and oxygen atoms in total. The number of amides is 1. The normalized spacial score (nSPS) is 23.0. The summed E-state index contributed by atoms with van der Waals surface area (Å²) < 4.78 is 5.35. The van der Waals surface area contributed by atoms with E-state index in [1.54, 1.807) is 11.8 Å². The van der Waals surface area contributed by atoms with Crippen LogP contribution in [0, 0.1) is 0 Å². The van der Waals surface area contributed by atoms with Gasteiger partial charge in [-0.15, -0.1) is 11.8 Å². The first-order valence-corrected chi connectivity index (χ1v) is 9.49. The highest BCUT2D eigenvalue weighted by molar-refractivity contribution is 7.99. The van der Waals surface area contributed by atoms with E-state index in [0.29, 0.717) is 11.7 Å². The molecule has 2 unspecified atom stereocenters. The lowest BCUT2D eigenvalue weighted by atomic mass is 9.99. The standard InChI is InChI=1S/C18H21N3O2S/c1-11(2)17-19-16(20-23-17)14-7-5-9-21(14)18(22)13-10-24-15-8-4-3-6-12(13)15/h3-4,6,8,11,13-14H,5,7,9-10H2,1-2H3. The van der Waals surface area contributed by atoms with Crippen LogP contribution in [0.25, 0.3) is 0 Å². The van der Waals surface area contributed by atoms with Crippen molar-refractivity contribution < 1.29 is 9.32 Å². The van der Waals surface area contributed by atoms with Crippen molar-refractivity contribution in [2.75, 3.05) is 12.3 Å². The van der Waals surface area contributed by atoms with Gasteiger partial charge in [0.25, 0.3) is 0 Å². The van der Waals surface area contributed by atoms with E-state index in [0.717, 1.165) is 30.7 Å². The zero-order chi connectivity index (χ0) is 16.7. The van der Waals surface area contributed by atoms with Gasteiger partial charge in [0.05, 0.1) is 12.0 Å². The summed E-state index contributed by atoms with van der Waals surface area (Å²) in [5, 5.41) is 4.14. The topological polar surface area (TPSA) is 59.2 Å². The number of carbonyl (C=O) groups is 1. The first-order chi connectivity index (χ1) is 11.6. The lowest BCUT2D eigenvalue weighted by Gasteiger charge is -2.25. The molecule has 0 radical (unpaired) electrons. The van der Waals surface area contributed by atoms with Crippen LogP contribution in [-0.2, 0) is 4.79 Å². The Morgan fingerprint density at radius 1 is 1.38 bits per heavy atom. The van der Waals surface area contributed by atoms with E-state index in [-0.39, 0.29) is 23.8 Å². The van der Waals surface area contributed by atoms with E-state index < -0.39 is 0 Å². The Morgan fingerprint density at radius 2 is 2.21 bits per heavy atom. The summed E-state index contributed by atoms with van der Waals surface area (Å²) in [4.78, 5) is 20.9. The SMILES string of the molecule is CC(C)c1nc(C2CCCN2C(=O)C2CSc3ccccc32)no1. The molecule has 3 heterocycles. The van der Waals surface area contributed by atoms with Crippen molar-refractivity contribution >= 4 is 17.7 Å². The second-order valence-electron chi connectivity index (χ2n) is 6.74. The van der Waals surface area contributed by atoms with E-state index in [9.17, 15) is 4.79 Å². The van der Waals surface area contributed by atoms with Gasteiger partial charge >= 0.3 is 0 Å². The fourth-order valence-corrected chi connectivity index (χ4v) is 4.70. The first kappa shape index (κ1) is 15.7. The van der Waals surface area contributed by atoms with Crippen LogP contribution in [0.2, 0.25) is 0 Å². The Hall–Kier alpha value is -1.82. The summed E-state index contributed by atoms with van der Waals surface area (Å²) >= 11 is 1.77. The van der Waals surface area contributed by atoms with Crippen LogP contribution in [0.5, 0.6) is 0 Å². The number of hydrogen-bond acceptors (Lipinski definition) is 5. The Morgan fingerprint density at radius 3 is 3.00 bits per heavy atom. The Balaban J connectivity index is 1.57. The molecule has 0 saturated carbocycles. The summed E-state index contributed by atoms with van der Waals surface area (Å²) in [6.07, 6.45) is 1.90. The molecule has 1 amide bonds. The number of carbonyl (C=O) groups excluding carboxylic acids is 1. The van der Waals surface area contributed by atoms with E-state index in [4.69, 9.17) is 4.52 Å². The van der Waals surface area contributed by atoms with Crippen molar-refractivity contribution in [3.63, 3.8) is 0 Å². The van der Waals surface area contributed by atoms with Gasteiger partial charge in [0.15, 0.2) is 5.82 Å². The zero-order valence-electron chi connectivity index (χ0n) is 13.9. The summed E-state index contributed by atoms with van der Waals surface area (Å²) in [5.41, 5.74) is 1.16. The Bertz CT molecular complexity index is 758. The molecule has 1 fully saturated rings. The predicted molar refractivity (Wildman–Crippen MR) is 92.0 cm³/mol. The quantitative estimate of drug-likeness (QED) is 0.849. The molecular formula is C18H21N3O2S. The van der Waals surface area contributed by atoms with Crippen LogP contribution in [-0.4, -0.2) is 33.2 Å². The molecule has 0 aliphatic carbocycles. The van der Waals surface area contributed by atoms with Gasteiger partial charge in [-0.05, 0) is 24.5 Å². The summed E-state index contributed by atoms with van der Waals surface area (Å²) in [7, 11) is 0. The van der Waals surface area contributed by atoms with Gasteiger partial charge in [0, 0.05) is 23.1 Å². The second kappa shape index (κ2) is 6.24. The van der Waals surface area contributed by atoms with E-state index >= 15 is 0 Å². The van der Waals surface area contributed by atoms with Gasteiger partial charge in [0.1, 0.15) is 0 Å². The highest BCUT2D eigenvalue weighted by Gasteiger charge is 2.39. The van der Waals surface area contributed by atoms with Gasteiger partial charge in [-0.2, -0.15) is 4.98 Å². The highest BCUT2D eigenvalue weighted by atomic mass is 32.2. The van der Waals surface area contributed by atoms with Crippen molar-refractivity contribution in [1.29, 1.82) is 0 Å². The molecule has 0 bridgehead atoms. The molecule has 1 saturated heterocycles. The van der Waals surface area contributed by atoms with Gasteiger partial charge < -0.3 is 9.42 Å². The smallest absolute Gasteiger partial charge is 0.231 e.